The zero-order valence-corrected chi connectivity index (χ0v) is 16.9. The number of fused-ring (bicyclic) bond motifs is 1. The molecule has 0 aliphatic carbocycles. The van der Waals surface area contributed by atoms with Crippen molar-refractivity contribution in [3.63, 3.8) is 0 Å². The van der Waals surface area contributed by atoms with E-state index in [4.69, 9.17) is 9.84 Å². The Hall–Kier alpha value is -2.30. The Bertz CT molecular complexity index is 829. The summed E-state index contributed by atoms with van der Waals surface area (Å²) in [7, 11) is 0. The van der Waals surface area contributed by atoms with Crippen LogP contribution in [0.5, 0.6) is 5.75 Å². The molecule has 0 aliphatic heterocycles. The van der Waals surface area contributed by atoms with Gasteiger partial charge >= 0.3 is 0 Å². The fourth-order valence-electron chi connectivity index (χ4n) is 3.57. The predicted molar refractivity (Wildman–Crippen MR) is 116 cm³/mol. The van der Waals surface area contributed by atoms with E-state index in [1.807, 2.05) is 6.07 Å². The number of benzene rings is 2. The molecule has 150 valence electrons. The highest BCUT2D eigenvalue weighted by Crippen LogP contribution is 2.25. The zero-order valence-electron chi connectivity index (χ0n) is 16.9. The number of para-hydroxylation sites is 1. The minimum Gasteiger partial charge on any atom is -0.494 e. The van der Waals surface area contributed by atoms with Crippen LogP contribution in [0.2, 0.25) is 0 Å². The van der Waals surface area contributed by atoms with Crippen molar-refractivity contribution in [2.75, 3.05) is 32.8 Å². The quantitative estimate of drug-likeness (QED) is 0.455. The number of hydrogen-bond acceptors (Lipinski definition) is 3. The molecule has 0 fully saturated rings. The van der Waals surface area contributed by atoms with Gasteiger partial charge in [0.25, 0.3) is 0 Å². The number of aliphatic hydroxyl groups is 1. The van der Waals surface area contributed by atoms with Crippen molar-refractivity contribution >= 4 is 10.9 Å². The minimum absolute atomic E-state index is 0.251. The third-order valence-corrected chi connectivity index (χ3v) is 5.20. The third kappa shape index (κ3) is 5.60. The predicted octanol–water partition coefficient (Wildman–Crippen LogP) is 4.88. The summed E-state index contributed by atoms with van der Waals surface area (Å²) >= 11 is 0. The molecule has 0 saturated carbocycles. The second kappa shape index (κ2) is 10.9. The van der Waals surface area contributed by atoms with Crippen molar-refractivity contribution in [3.05, 3.63) is 60.8 Å². The second-order valence-electron chi connectivity index (χ2n) is 7.16. The first kappa shape index (κ1) is 20.4. The number of aliphatic hydroxyl groups excluding tert-OH is 1. The van der Waals surface area contributed by atoms with Crippen molar-refractivity contribution in [1.82, 2.24) is 9.47 Å². The molecule has 3 aromatic rings. The van der Waals surface area contributed by atoms with Gasteiger partial charge in [0.15, 0.2) is 0 Å². The summed E-state index contributed by atoms with van der Waals surface area (Å²) in [6.45, 7) is 6.04. The monoisotopic (exact) mass is 380 g/mol. The second-order valence-corrected chi connectivity index (χ2v) is 7.16. The number of hydrogen-bond donors (Lipinski definition) is 1. The van der Waals surface area contributed by atoms with Crippen LogP contribution in [0.15, 0.2) is 60.8 Å². The van der Waals surface area contributed by atoms with Gasteiger partial charge in [0.1, 0.15) is 5.75 Å². The lowest BCUT2D eigenvalue weighted by Crippen LogP contribution is -2.27. The molecule has 2 aromatic carbocycles. The van der Waals surface area contributed by atoms with Gasteiger partial charge < -0.3 is 19.3 Å². The van der Waals surface area contributed by atoms with Crippen LogP contribution in [0.1, 0.15) is 32.6 Å². The van der Waals surface area contributed by atoms with E-state index in [1.54, 1.807) is 0 Å². The topological polar surface area (TPSA) is 37.6 Å². The molecule has 0 radical (unpaired) electrons. The summed E-state index contributed by atoms with van der Waals surface area (Å²) in [6.07, 6.45) is 6.77. The van der Waals surface area contributed by atoms with Gasteiger partial charge in [-0.25, -0.2) is 0 Å². The molecule has 0 amide bonds. The molecular weight excluding hydrogens is 348 g/mol. The van der Waals surface area contributed by atoms with E-state index in [0.717, 1.165) is 38.4 Å². The van der Waals surface area contributed by atoms with Crippen LogP contribution < -0.4 is 4.74 Å². The van der Waals surface area contributed by atoms with Crippen LogP contribution in [-0.2, 0) is 0 Å². The number of nitrogens with zero attached hydrogens (tertiary/aromatic N) is 2. The number of unbranched alkanes of at least 4 members (excludes halogenated alkanes) is 3. The molecule has 28 heavy (non-hydrogen) atoms. The van der Waals surface area contributed by atoms with E-state index in [9.17, 15) is 0 Å². The highest BCUT2D eigenvalue weighted by atomic mass is 16.5. The summed E-state index contributed by atoms with van der Waals surface area (Å²) in [5, 5.41) is 10.2. The van der Waals surface area contributed by atoms with Crippen LogP contribution in [0.4, 0.5) is 0 Å². The Morgan fingerprint density at radius 1 is 0.929 bits per heavy atom. The molecule has 0 spiro atoms. The van der Waals surface area contributed by atoms with Gasteiger partial charge in [-0.1, -0.05) is 38.0 Å². The average molecular weight is 381 g/mol. The fourth-order valence-corrected chi connectivity index (χ4v) is 3.57. The molecule has 0 atom stereocenters. The molecule has 0 aliphatic rings. The first-order valence-corrected chi connectivity index (χ1v) is 10.4. The van der Waals surface area contributed by atoms with E-state index in [2.05, 4.69) is 71.1 Å². The molecule has 4 heteroatoms. The minimum atomic E-state index is 0.251. The van der Waals surface area contributed by atoms with Gasteiger partial charge in [-0.05, 0) is 62.3 Å². The highest BCUT2D eigenvalue weighted by Gasteiger charge is 2.05. The van der Waals surface area contributed by atoms with Crippen LogP contribution >= 0.6 is 0 Å². The lowest BCUT2D eigenvalue weighted by atomic mass is 10.2. The van der Waals surface area contributed by atoms with Crippen LogP contribution in [0, 0.1) is 0 Å². The summed E-state index contributed by atoms with van der Waals surface area (Å²) in [6, 6.07) is 18.9. The van der Waals surface area contributed by atoms with Crippen molar-refractivity contribution in [2.24, 2.45) is 0 Å². The van der Waals surface area contributed by atoms with Crippen molar-refractivity contribution in [3.8, 4) is 11.4 Å². The van der Waals surface area contributed by atoms with E-state index in [-0.39, 0.29) is 6.61 Å². The van der Waals surface area contributed by atoms with Gasteiger partial charge in [-0.3, -0.25) is 0 Å². The molecular formula is C24H32N2O2. The molecule has 1 aromatic heterocycles. The smallest absolute Gasteiger partial charge is 0.120 e. The van der Waals surface area contributed by atoms with E-state index in [1.165, 1.54) is 35.9 Å². The number of ether oxygens (including phenoxy) is 1. The first-order chi connectivity index (χ1) is 13.8. The van der Waals surface area contributed by atoms with E-state index < -0.39 is 0 Å². The van der Waals surface area contributed by atoms with Crippen molar-refractivity contribution < 1.29 is 9.84 Å². The van der Waals surface area contributed by atoms with Crippen LogP contribution in [0.25, 0.3) is 16.6 Å². The maximum atomic E-state index is 9.01. The Morgan fingerprint density at radius 2 is 1.75 bits per heavy atom. The number of aromatic nitrogens is 1. The van der Waals surface area contributed by atoms with Gasteiger partial charge in [0.05, 0.1) is 18.7 Å². The van der Waals surface area contributed by atoms with Gasteiger partial charge in [0.2, 0.25) is 0 Å². The third-order valence-electron chi connectivity index (χ3n) is 5.20. The first-order valence-electron chi connectivity index (χ1n) is 10.4. The van der Waals surface area contributed by atoms with Gasteiger partial charge in [-0.2, -0.15) is 0 Å². The zero-order chi connectivity index (χ0) is 19.6. The summed E-state index contributed by atoms with van der Waals surface area (Å²) in [5.41, 5.74) is 2.37. The van der Waals surface area contributed by atoms with Crippen LogP contribution in [-0.4, -0.2) is 47.4 Å². The molecule has 1 N–H and O–H groups in total. The number of likely N-dealkylation sites (N-methyl/N-ethyl adjacent to an activating group) is 1. The standard InChI is InChI=1S/C24H32N2O2/c1-2-25(17-18-27)15-8-3-4-9-19-28-23-12-13-24-21(20-23)14-16-26(24)22-10-6-5-7-11-22/h5-7,10-14,16,20,27H,2-4,8-9,15,17-19H2,1H3. The Kier molecular flexibility index (Phi) is 7.94. The average Bonchev–Trinajstić information content (AvgIpc) is 3.16. The largest absolute Gasteiger partial charge is 0.494 e. The molecule has 0 unspecified atom stereocenters. The molecule has 3 rings (SSSR count). The lowest BCUT2D eigenvalue weighted by molar-refractivity contribution is 0.199. The summed E-state index contributed by atoms with van der Waals surface area (Å²) in [4.78, 5) is 2.30. The Morgan fingerprint density at radius 3 is 2.54 bits per heavy atom. The molecule has 4 nitrogen and oxygen atoms in total. The maximum Gasteiger partial charge on any atom is 0.120 e. The van der Waals surface area contributed by atoms with Gasteiger partial charge in [0, 0.05) is 23.8 Å². The summed E-state index contributed by atoms with van der Waals surface area (Å²) in [5.74, 6) is 0.943. The van der Waals surface area contributed by atoms with Crippen molar-refractivity contribution in [2.45, 2.75) is 32.6 Å². The molecule has 1 heterocycles. The normalized spacial score (nSPS) is 11.4. The lowest BCUT2D eigenvalue weighted by Gasteiger charge is -2.18. The molecule has 0 saturated heterocycles. The van der Waals surface area contributed by atoms with Gasteiger partial charge in [-0.15, -0.1) is 0 Å². The maximum absolute atomic E-state index is 9.01. The Balaban J connectivity index is 1.42. The van der Waals surface area contributed by atoms with E-state index >= 15 is 0 Å². The van der Waals surface area contributed by atoms with Crippen molar-refractivity contribution in [1.29, 1.82) is 0 Å². The highest BCUT2D eigenvalue weighted by molar-refractivity contribution is 5.83. The Labute approximate surface area is 168 Å². The van der Waals surface area contributed by atoms with Crippen LogP contribution in [0.3, 0.4) is 0 Å². The number of rotatable bonds is 12. The molecule has 0 bridgehead atoms. The summed E-state index contributed by atoms with van der Waals surface area (Å²) < 4.78 is 8.17. The van der Waals surface area contributed by atoms with E-state index in [0.29, 0.717) is 0 Å². The SMILES string of the molecule is CCN(CCO)CCCCCCOc1ccc2c(ccn2-c2ccccc2)c1. The fraction of sp³-hybridized carbons (Fsp3) is 0.417.